The van der Waals surface area contributed by atoms with Crippen LogP contribution in [0.2, 0.25) is 0 Å². The molecule has 0 aromatic heterocycles. The molecule has 116 valence electrons. The SMILES string of the molecule is CCC(CC1CC1)NS(=O)(=O)c1ccc(O)c([N+](=O)[O-])c1. The van der Waals surface area contributed by atoms with E-state index >= 15 is 0 Å². The summed E-state index contributed by atoms with van der Waals surface area (Å²) in [6, 6.07) is 2.89. The van der Waals surface area contributed by atoms with E-state index in [-0.39, 0.29) is 10.9 Å². The Labute approximate surface area is 123 Å². The van der Waals surface area contributed by atoms with E-state index in [9.17, 15) is 23.6 Å². The van der Waals surface area contributed by atoms with Crippen LogP contribution in [-0.2, 0) is 10.0 Å². The van der Waals surface area contributed by atoms with Gasteiger partial charge in [-0.05, 0) is 30.9 Å². The van der Waals surface area contributed by atoms with E-state index in [0.29, 0.717) is 12.3 Å². The van der Waals surface area contributed by atoms with Crippen molar-refractivity contribution < 1.29 is 18.4 Å². The average molecular weight is 314 g/mol. The van der Waals surface area contributed by atoms with E-state index in [4.69, 9.17) is 0 Å². The molecule has 2 rings (SSSR count). The highest BCUT2D eigenvalue weighted by molar-refractivity contribution is 7.89. The molecule has 7 nitrogen and oxygen atoms in total. The number of nitrogens with one attached hydrogen (secondary N) is 1. The van der Waals surface area contributed by atoms with Crippen molar-refractivity contribution in [2.24, 2.45) is 5.92 Å². The summed E-state index contributed by atoms with van der Waals surface area (Å²) in [5.41, 5.74) is -0.617. The van der Waals surface area contributed by atoms with E-state index in [0.717, 1.165) is 37.5 Å². The van der Waals surface area contributed by atoms with Crippen molar-refractivity contribution in [3.8, 4) is 5.75 Å². The first kappa shape index (κ1) is 15.7. The van der Waals surface area contributed by atoms with Crippen LogP contribution in [0.1, 0.15) is 32.6 Å². The number of rotatable bonds is 7. The normalized spacial score (nSPS) is 16.6. The van der Waals surface area contributed by atoms with Gasteiger partial charge in [-0.2, -0.15) is 0 Å². The van der Waals surface area contributed by atoms with Gasteiger partial charge in [-0.3, -0.25) is 10.1 Å². The van der Waals surface area contributed by atoms with Crippen molar-refractivity contribution in [1.82, 2.24) is 4.72 Å². The van der Waals surface area contributed by atoms with Crippen LogP contribution in [0.25, 0.3) is 0 Å². The quantitative estimate of drug-likeness (QED) is 0.592. The van der Waals surface area contributed by atoms with E-state index in [1.807, 2.05) is 6.92 Å². The minimum absolute atomic E-state index is 0.171. The van der Waals surface area contributed by atoms with Crippen molar-refractivity contribution in [1.29, 1.82) is 0 Å². The lowest BCUT2D eigenvalue weighted by atomic mass is 10.1. The molecule has 1 aromatic rings. The number of nitro groups is 1. The second kappa shape index (κ2) is 5.98. The molecule has 2 N–H and O–H groups in total. The first-order chi connectivity index (χ1) is 9.83. The van der Waals surface area contributed by atoms with Gasteiger partial charge in [0.25, 0.3) is 0 Å². The zero-order valence-electron chi connectivity index (χ0n) is 11.7. The lowest BCUT2D eigenvalue weighted by molar-refractivity contribution is -0.386. The molecule has 1 unspecified atom stereocenters. The monoisotopic (exact) mass is 314 g/mol. The maximum absolute atomic E-state index is 12.3. The third kappa shape index (κ3) is 3.92. The Morgan fingerprint density at radius 2 is 2.14 bits per heavy atom. The second-order valence-electron chi connectivity index (χ2n) is 5.31. The summed E-state index contributed by atoms with van der Waals surface area (Å²) in [4.78, 5) is 9.75. The van der Waals surface area contributed by atoms with Gasteiger partial charge in [-0.15, -0.1) is 0 Å². The van der Waals surface area contributed by atoms with Gasteiger partial charge in [0.2, 0.25) is 10.0 Å². The molecule has 1 aromatic carbocycles. The zero-order valence-corrected chi connectivity index (χ0v) is 12.5. The Balaban J connectivity index is 2.21. The molecule has 1 atom stereocenters. The van der Waals surface area contributed by atoms with Crippen LogP contribution in [0.5, 0.6) is 5.75 Å². The van der Waals surface area contributed by atoms with Gasteiger partial charge in [0, 0.05) is 12.1 Å². The lowest BCUT2D eigenvalue weighted by Gasteiger charge is -2.16. The number of phenolic OH excluding ortho intramolecular Hbond substituents is 1. The third-order valence-corrected chi connectivity index (χ3v) is 5.10. The van der Waals surface area contributed by atoms with Gasteiger partial charge in [0.1, 0.15) is 0 Å². The molecule has 1 saturated carbocycles. The van der Waals surface area contributed by atoms with Crippen molar-refractivity contribution in [3.05, 3.63) is 28.3 Å². The minimum Gasteiger partial charge on any atom is -0.502 e. The molecule has 21 heavy (non-hydrogen) atoms. The molecule has 8 heteroatoms. The average Bonchev–Trinajstić information content (AvgIpc) is 3.21. The summed E-state index contributed by atoms with van der Waals surface area (Å²) < 4.78 is 27.1. The second-order valence-corrected chi connectivity index (χ2v) is 7.03. The minimum atomic E-state index is -3.83. The Morgan fingerprint density at radius 3 is 2.67 bits per heavy atom. The number of aromatic hydroxyl groups is 1. The van der Waals surface area contributed by atoms with Gasteiger partial charge in [-0.1, -0.05) is 19.8 Å². The lowest BCUT2D eigenvalue weighted by Crippen LogP contribution is -2.34. The van der Waals surface area contributed by atoms with Gasteiger partial charge in [0.05, 0.1) is 9.82 Å². The number of hydrogen-bond acceptors (Lipinski definition) is 5. The van der Waals surface area contributed by atoms with Crippen molar-refractivity contribution in [2.75, 3.05) is 0 Å². The fourth-order valence-corrected chi connectivity index (χ4v) is 3.51. The van der Waals surface area contributed by atoms with Crippen LogP contribution in [0, 0.1) is 16.0 Å². The Bertz CT molecular complexity index is 640. The fourth-order valence-electron chi connectivity index (χ4n) is 2.16. The van der Waals surface area contributed by atoms with Crippen LogP contribution in [0.4, 0.5) is 5.69 Å². The predicted octanol–water partition coefficient (Wildman–Crippen LogP) is 2.16. The van der Waals surface area contributed by atoms with Crippen molar-refractivity contribution in [2.45, 2.75) is 43.5 Å². The van der Waals surface area contributed by atoms with Gasteiger partial charge in [0.15, 0.2) is 5.75 Å². The topological polar surface area (TPSA) is 110 Å². The summed E-state index contributed by atoms with van der Waals surface area (Å²) >= 11 is 0. The summed E-state index contributed by atoms with van der Waals surface area (Å²) in [7, 11) is -3.83. The first-order valence-electron chi connectivity index (χ1n) is 6.83. The zero-order chi connectivity index (χ0) is 15.6. The van der Waals surface area contributed by atoms with Crippen molar-refractivity contribution >= 4 is 15.7 Å². The number of phenols is 1. The van der Waals surface area contributed by atoms with Crippen LogP contribution in [0.15, 0.2) is 23.1 Å². The van der Waals surface area contributed by atoms with Crippen LogP contribution in [-0.4, -0.2) is 24.5 Å². The molecule has 0 bridgehead atoms. The van der Waals surface area contributed by atoms with E-state index in [2.05, 4.69) is 4.72 Å². The molecule has 0 heterocycles. The maximum Gasteiger partial charge on any atom is 0.312 e. The number of nitro benzene ring substituents is 1. The molecule has 1 aliphatic carbocycles. The largest absolute Gasteiger partial charge is 0.502 e. The van der Waals surface area contributed by atoms with Crippen LogP contribution < -0.4 is 4.72 Å². The molecule has 1 fully saturated rings. The molecular formula is C13H18N2O5S. The van der Waals surface area contributed by atoms with E-state index in [1.54, 1.807) is 0 Å². The molecule has 1 aliphatic rings. The third-order valence-electron chi connectivity index (χ3n) is 3.58. The maximum atomic E-state index is 12.3. The summed E-state index contributed by atoms with van der Waals surface area (Å²) in [6.45, 7) is 1.90. The Kier molecular flexibility index (Phi) is 4.48. The molecular weight excluding hydrogens is 296 g/mol. The standard InChI is InChI=1S/C13H18N2O5S/c1-2-10(7-9-3-4-9)14-21(19,20)11-5-6-13(16)12(8-11)15(17)18/h5-6,8-10,14,16H,2-4,7H2,1H3. The van der Waals surface area contributed by atoms with E-state index < -0.39 is 26.4 Å². The van der Waals surface area contributed by atoms with Gasteiger partial charge in [-0.25, -0.2) is 13.1 Å². The highest BCUT2D eigenvalue weighted by Crippen LogP contribution is 2.34. The first-order valence-corrected chi connectivity index (χ1v) is 8.31. The van der Waals surface area contributed by atoms with Crippen LogP contribution in [0.3, 0.4) is 0 Å². The molecule has 0 radical (unpaired) electrons. The Hall–Kier alpha value is -1.67. The van der Waals surface area contributed by atoms with Gasteiger partial charge < -0.3 is 5.11 Å². The van der Waals surface area contributed by atoms with Crippen molar-refractivity contribution in [3.63, 3.8) is 0 Å². The number of sulfonamides is 1. The van der Waals surface area contributed by atoms with Crippen LogP contribution >= 0.6 is 0 Å². The molecule has 0 aliphatic heterocycles. The highest BCUT2D eigenvalue weighted by Gasteiger charge is 2.28. The summed E-state index contributed by atoms with van der Waals surface area (Å²) in [5.74, 6) is 0.0239. The highest BCUT2D eigenvalue weighted by atomic mass is 32.2. The van der Waals surface area contributed by atoms with E-state index in [1.165, 1.54) is 0 Å². The number of hydrogen-bond donors (Lipinski definition) is 2. The van der Waals surface area contributed by atoms with Gasteiger partial charge >= 0.3 is 5.69 Å². The molecule has 0 saturated heterocycles. The number of benzene rings is 1. The summed E-state index contributed by atoms with van der Waals surface area (Å²) in [5, 5.41) is 20.1. The molecule has 0 spiro atoms. The summed E-state index contributed by atoms with van der Waals surface area (Å²) in [6.07, 6.45) is 3.71. The molecule has 0 amide bonds. The smallest absolute Gasteiger partial charge is 0.312 e. The Morgan fingerprint density at radius 1 is 1.48 bits per heavy atom. The number of nitrogens with zero attached hydrogens (tertiary/aromatic N) is 1. The predicted molar refractivity (Wildman–Crippen MR) is 76.5 cm³/mol. The fraction of sp³-hybridized carbons (Fsp3) is 0.538.